The fourth-order valence-electron chi connectivity index (χ4n) is 1.16. The highest BCUT2D eigenvalue weighted by Crippen LogP contribution is 2.16. The summed E-state index contributed by atoms with van der Waals surface area (Å²) in [7, 11) is 0. The van der Waals surface area contributed by atoms with Gasteiger partial charge in [0.1, 0.15) is 0 Å². The van der Waals surface area contributed by atoms with Crippen molar-refractivity contribution in [3.05, 3.63) is 21.9 Å². The number of carbonyl (C=O) groups excluding carboxylic acids is 1. The fourth-order valence-corrected chi connectivity index (χ4v) is 2.02. The van der Waals surface area contributed by atoms with Crippen molar-refractivity contribution >= 4 is 17.2 Å². The Morgan fingerprint density at radius 2 is 2.21 bits per heavy atom. The molecule has 2 nitrogen and oxygen atoms in total. The van der Waals surface area contributed by atoms with Crippen molar-refractivity contribution in [2.75, 3.05) is 6.54 Å². The Hall–Kier alpha value is -0.830. The molecule has 1 aromatic heterocycles. The van der Waals surface area contributed by atoms with Crippen LogP contribution in [0, 0.1) is 0 Å². The second-order valence-corrected chi connectivity index (χ2v) is 4.40. The first-order valence-corrected chi connectivity index (χ1v) is 5.96. The van der Waals surface area contributed by atoms with Crippen LogP contribution < -0.4 is 5.32 Å². The second-order valence-electron chi connectivity index (χ2n) is 3.23. The van der Waals surface area contributed by atoms with E-state index in [1.54, 1.807) is 11.3 Å². The average molecular weight is 211 g/mol. The molecule has 1 aromatic rings. The van der Waals surface area contributed by atoms with Gasteiger partial charge in [-0.05, 0) is 25.0 Å². The van der Waals surface area contributed by atoms with E-state index in [-0.39, 0.29) is 5.91 Å². The van der Waals surface area contributed by atoms with Crippen LogP contribution in [0.25, 0.3) is 0 Å². The number of amides is 1. The third-order valence-corrected chi connectivity index (χ3v) is 3.28. The van der Waals surface area contributed by atoms with Crippen molar-refractivity contribution in [2.24, 2.45) is 0 Å². The standard InChI is InChI=1S/C11H17NOS/c1-3-5-8-12-11(13)10-7-6-9(4-2)14-10/h6-7H,3-5,8H2,1-2H3,(H,12,13). The molecular weight excluding hydrogens is 194 g/mol. The predicted octanol–water partition coefficient (Wildman–Crippen LogP) is 2.84. The van der Waals surface area contributed by atoms with Gasteiger partial charge in [0.05, 0.1) is 4.88 Å². The molecule has 0 aromatic carbocycles. The molecule has 1 N–H and O–H groups in total. The lowest BCUT2D eigenvalue weighted by Gasteiger charge is -2.00. The molecule has 0 radical (unpaired) electrons. The van der Waals surface area contributed by atoms with E-state index in [1.807, 2.05) is 12.1 Å². The van der Waals surface area contributed by atoms with Gasteiger partial charge in [-0.2, -0.15) is 0 Å². The van der Waals surface area contributed by atoms with Crippen molar-refractivity contribution in [1.29, 1.82) is 0 Å². The van der Waals surface area contributed by atoms with Gasteiger partial charge in [-0.15, -0.1) is 11.3 Å². The number of hydrogen-bond acceptors (Lipinski definition) is 2. The maximum Gasteiger partial charge on any atom is 0.261 e. The van der Waals surface area contributed by atoms with Crippen molar-refractivity contribution in [3.8, 4) is 0 Å². The monoisotopic (exact) mass is 211 g/mol. The van der Waals surface area contributed by atoms with Gasteiger partial charge in [-0.1, -0.05) is 20.3 Å². The normalized spacial score (nSPS) is 10.1. The summed E-state index contributed by atoms with van der Waals surface area (Å²) in [5, 5.41) is 2.91. The van der Waals surface area contributed by atoms with Crippen LogP contribution in [0.15, 0.2) is 12.1 Å². The average Bonchev–Trinajstić information content (AvgIpc) is 2.66. The van der Waals surface area contributed by atoms with Crippen molar-refractivity contribution in [3.63, 3.8) is 0 Å². The minimum absolute atomic E-state index is 0.0724. The number of hydrogen-bond donors (Lipinski definition) is 1. The van der Waals surface area contributed by atoms with Gasteiger partial charge < -0.3 is 5.32 Å². The molecule has 1 rings (SSSR count). The largest absolute Gasteiger partial charge is 0.351 e. The van der Waals surface area contributed by atoms with E-state index >= 15 is 0 Å². The van der Waals surface area contributed by atoms with Crippen LogP contribution >= 0.6 is 11.3 Å². The number of nitrogens with one attached hydrogen (secondary N) is 1. The zero-order valence-electron chi connectivity index (χ0n) is 8.80. The molecule has 0 aliphatic heterocycles. The van der Waals surface area contributed by atoms with E-state index in [9.17, 15) is 4.79 Å². The molecule has 0 saturated carbocycles. The minimum Gasteiger partial charge on any atom is -0.351 e. The summed E-state index contributed by atoms with van der Waals surface area (Å²) in [5.41, 5.74) is 0. The zero-order valence-corrected chi connectivity index (χ0v) is 9.62. The van der Waals surface area contributed by atoms with Gasteiger partial charge in [0, 0.05) is 11.4 Å². The van der Waals surface area contributed by atoms with Crippen molar-refractivity contribution in [2.45, 2.75) is 33.1 Å². The predicted molar refractivity (Wildman–Crippen MR) is 60.9 cm³/mol. The van der Waals surface area contributed by atoms with E-state index in [1.165, 1.54) is 4.88 Å². The summed E-state index contributed by atoms with van der Waals surface area (Å²) in [6, 6.07) is 3.93. The van der Waals surface area contributed by atoms with Crippen LogP contribution in [0.1, 0.15) is 41.2 Å². The van der Waals surface area contributed by atoms with E-state index in [4.69, 9.17) is 0 Å². The Morgan fingerprint density at radius 1 is 1.43 bits per heavy atom. The van der Waals surface area contributed by atoms with Gasteiger partial charge in [0.25, 0.3) is 5.91 Å². The molecule has 0 bridgehead atoms. The van der Waals surface area contributed by atoms with Crippen LogP contribution in [0.5, 0.6) is 0 Å². The Balaban J connectivity index is 2.44. The number of carbonyl (C=O) groups is 1. The van der Waals surface area contributed by atoms with Crippen LogP contribution in [-0.2, 0) is 6.42 Å². The van der Waals surface area contributed by atoms with Gasteiger partial charge in [0.2, 0.25) is 0 Å². The van der Waals surface area contributed by atoms with Gasteiger partial charge in [0.15, 0.2) is 0 Å². The van der Waals surface area contributed by atoms with Crippen molar-refractivity contribution < 1.29 is 4.79 Å². The maximum absolute atomic E-state index is 11.5. The summed E-state index contributed by atoms with van der Waals surface area (Å²) in [6.07, 6.45) is 3.18. The molecule has 0 saturated heterocycles. The van der Waals surface area contributed by atoms with Crippen molar-refractivity contribution in [1.82, 2.24) is 5.32 Å². The number of aryl methyl sites for hydroxylation is 1. The Kier molecular flexibility index (Phi) is 4.66. The highest BCUT2D eigenvalue weighted by molar-refractivity contribution is 7.14. The number of rotatable bonds is 5. The fraction of sp³-hybridized carbons (Fsp3) is 0.545. The molecule has 1 amide bonds. The first-order chi connectivity index (χ1) is 6.77. The highest BCUT2D eigenvalue weighted by atomic mass is 32.1. The summed E-state index contributed by atoms with van der Waals surface area (Å²) >= 11 is 1.59. The summed E-state index contributed by atoms with van der Waals surface area (Å²) in [6.45, 7) is 5.01. The van der Waals surface area contributed by atoms with Crippen LogP contribution in [0.4, 0.5) is 0 Å². The van der Waals surface area contributed by atoms with Gasteiger partial charge in [-0.3, -0.25) is 4.79 Å². The summed E-state index contributed by atoms with van der Waals surface area (Å²) in [4.78, 5) is 13.6. The Bertz CT molecular complexity index is 293. The minimum atomic E-state index is 0.0724. The topological polar surface area (TPSA) is 29.1 Å². The lowest BCUT2D eigenvalue weighted by Crippen LogP contribution is -2.23. The zero-order chi connectivity index (χ0) is 10.4. The lowest BCUT2D eigenvalue weighted by molar-refractivity contribution is 0.0957. The molecule has 14 heavy (non-hydrogen) atoms. The smallest absolute Gasteiger partial charge is 0.261 e. The quantitative estimate of drug-likeness (QED) is 0.745. The SMILES string of the molecule is CCCCNC(=O)c1ccc(CC)s1. The van der Waals surface area contributed by atoms with Crippen LogP contribution in [0.2, 0.25) is 0 Å². The maximum atomic E-state index is 11.5. The molecule has 0 atom stereocenters. The lowest BCUT2D eigenvalue weighted by atomic mass is 10.3. The third kappa shape index (κ3) is 3.14. The van der Waals surface area contributed by atoms with Gasteiger partial charge in [-0.25, -0.2) is 0 Å². The molecule has 78 valence electrons. The Labute approximate surface area is 89.3 Å². The third-order valence-electron chi connectivity index (χ3n) is 2.05. The summed E-state index contributed by atoms with van der Waals surface area (Å²) in [5.74, 6) is 0.0724. The van der Waals surface area contributed by atoms with E-state index < -0.39 is 0 Å². The molecule has 1 heterocycles. The molecule has 0 aliphatic rings. The second kappa shape index (κ2) is 5.81. The number of thiophene rings is 1. The van der Waals surface area contributed by atoms with E-state index in [2.05, 4.69) is 19.2 Å². The van der Waals surface area contributed by atoms with Crippen LogP contribution in [0.3, 0.4) is 0 Å². The van der Waals surface area contributed by atoms with E-state index in [0.29, 0.717) is 0 Å². The molecule has 0 fully saturated rings. The molecule has 0 unspecified atom stereocenters. The Morgan fingerprint density at radius 3 is 2.79 bits per heavy atom. The van der Waals surface area contributed by atoms with Crippen LogP contribution in [-0.4, -0.2) is 12.5 Å². The number of unbranched alkanes of at least 4 members (excludes halogenated alkanes) is 1. The molecule has 0 aliphatic carbocycles. The summed E-state index contributed by atoms with van der Waals surface area (Å²) < 4.78 is 0. The molecule has 3 heteroatoms. The first kappa shape index (κ1) is 11.2. The van der Waals surface area contributed by atoms with E-state index in [0.717, 1.165) is 30.7 Å². The highest BCUT2D eigenvalue weighted by Gasteiger charge is 2.06. The molecule has 0 spiro atoms. The van der Waals surface area contributed by atoms with Gasteiger partial charge >= 0.3 is 0 Å². The first-order valence-electron chi connectivity index (χ1n) is 5.14. The molecular formula is C11H17NOS.